The molecule has 2 aliphatic rings. The molecule has 0 amide bonds. The van der Waals surface area contributed by atoms with Crippen molar-refractivity contribution in [1.29, 1.82) is 0 Å². The van der Waals surface area contributed by atoms with E-state index in [1.807, 2.05) is 0 Å². The third-order valence-corrected chi connectivity index (χ3v) is 11.5. The van der Waals surface area contributed by atoms with E-state index < -0.39 is 8.32 Å². The predicted octanol–water partition coefficient (Wildman–Crippen LogP) is 5.61. The Labute approximate surface area is 178 Å². The van der Waals surface area contributed by atoms with Crippen LogP contribution in [0.5, 0.6) is 11.5 Å². The van der Waals surface area contributed by atoms with Crippen LogP contribution in [-0.4, -0.2) is 39.2 Å². The summed E-state index contributed by atoms with van der Waals surface area (Å²) in [6.07, 6.45) is 2.62. The molecule has 29 heavy (non-hydrogen) atoms. The van der Waals surface area contributed by atoms with Crippen LogP contribution in [0.3, 0.4) is 0 Å². The number of ketones is 1. The van der Waals surface area contributed by atoms with E-state index in [1.165, 1.54) is 11.1 Å². The van der Waals surface area contributed by atoms with Gasteiger partial charge in [-0.1, -0.05) is 34.6 Å². The van der Waals surface area contributed by atoms with Crippen LogP contribution in [0.25, 0.3) is 0 Å². The number of rotatable bonds is 5. The molecule has 0 saturated carbocycles. The zero-order valence-corrected chi connectivity index (χ0v) is 20.6. The fraction of sp³-hybridized carbons (Fsp3) is 0.708. The quantitative estimate of drug-likeness (QED) is 0.583. The van der Waals surface area contributed by atoms with Crippen LogP contribution in [0, 0.1) is 11.8 Å². The Hall–Kier alpha value is -1.33. The van der Waals surface area contributed by atoms with Crippen LogP contribution < -0.4 is 9.16 Å². The summed E-state index contributed by atoms with van der Waals surface area (Å²) in [6, 6.07) is 4.52. The highest BCUT2D eigenvalue weighted by Gasteiger charge is 2.41. The molecule has 0 spiro atoms. The lowest BCUT2D eigenvalue weighted by Crippen LogP contribution is -2.47. The Morgan fingerprint density at radius 1 is 1.21 bits per heavy atom. The molecule has 1 fully saturated rings. The first-order chi connectivity index (χ1) is 13.4. The van der Waals surface area contributed by atoms with E-state index in [9.17, 15) is 4.79 Å². The van der Waals surface area contributed by atoms with Crippen LogP contribution in [0.2, 0.25) is 18.1 Å². The van der Waals surface area contributed by atoms with Gasteiger partial charge in [-0.15, -0.1) is 0 Å². The van der Waals surface area contributed by atoms with Crippen molar-refractivity contribution in [3.63, 3.8) is 0 Å². The summed E-state index contributed by atoms with van der Waals surface area (Å²) < 4.78 is 12.3. The van der Waals surface area contributed by atoms with Gasteiger partial charge in [0.05, 0.1) is 7.11 Å². The zero-order valence-electron chi connectivity index (χ0n) is 19.6. The molecule has 5 heteroatoms. The maximum Gasteiger partial charge on any atom is 0.250 e. The van der Waals surface area contributed by atoms with E-state index in [-0.39, 0.29) is 17.0 Å². The molecular weight excluding hydrogens is 378 g/mol. The molecule has 2 atom stereocenters. The standard InChI is InChI=1S/C24H39NO3Si/c1-16(2)11-18-15-25-10-9-17-12-22(27-6)23(28-29(7,8)24(3,4)5)13-19(17)20(25)14-21(18)26/h12-13,16,18,20H,9-11,14-15H2,1-8H3. The number of Topliss-reactive ketones (excluding diaryl/α,β-unsaturated/α-hetero) is 1. The maximum absolute atomic E-state index is 12.9. The average molecular weight is 418 g/mol. The topological polar surface area (TPSA) is 38.8 Å². The molecule has 0 radical (unpaired) electrons. The lowest BCUT2D eigenvalue weighted by molar-refractivity contribution is -0.129. The van der Waals surface area contributed by atoms with Crippen LogP contribution in [0.1, 0.15) is 64.6 Å². The van der Waals surface area contributed by atoms with E-state index in [4.69, 9.17) is 9.16 Å². The monoisotopic (exact) mass is 417 g/mol. The van der Waals surface area contributed by atoms with Gasteiger partial charge in [0.15, 0.2) is 5.75 Å². The van der Waals surface area contributed by atoms with E-state index in [0.29, 0.717) is 18.1 Å². The zero-order chi connectivity index (χ0) is 21.6. The molecule has 4 nitrogen and oxygen atoms in total. The Kier molecular flexibility index (Phi) is 6.22. The molecule has 1 saturated heterocycles. The number of carbonyl (C=O) groups is 1. The van der Waals surface area contributed by atoms with Gasteiger partial charge in [0.1, 0.15) is 11.5 Å². The molecule has 3 rings (SSSR count). The second-order valence-corrected chi connectivity index (χ2v) is 15.5. The summed E-state index contributed by atoms with van der Waals surface area (Å²) in [7, 11) is -0.267. The highest BCUT2D eigenvalue weighted by atomic mass is 28.4. The van der Waals surface area contributed by atoms with E-state index in [0.717, 1.165) is 37.4 Å². The summed E-state index contributed by atoms with van der Waals surface area (Å²) in [6.45, 7) is 17.6. The van der Waals surface area contributed by atoms with Gasteiger partial charge in [-0.25, -0.2) is 0 Å². The second-order valence-electron chi connectivity index (χ2n) is 10.8. The lowest BCUT2D eigenvalue weighted by atomic mass is 9.80. The van der Waals surface area contributed by atoms with Gasteiger partial charge in [-0.3, -0.25) is 9.69 Å². The number of piperidine rings is 1. The highest BCUT2D eigenvalue weighted by molar-refractivity contribution is 6.74. The van der Waals surface area contributed by atoms with Crippen molar-refractivity contribution in [3.05, 3.63) is 23.3 Å². The van der Waals surface area contributed by atoms with Gasteiger partial charge in [0.25, 0.3) is 8.32 Å². The van der Waals surface area contributed by atoms with Crippen molar-refractivity contribution < 1.29 is 14.0 Å². The average Bonchev–Trinajstić information content (AvgIpc) is 2.60. The van der Waals surface area contributed by atoms with Crippen molar-refractivity contribution in [2.75, 3.05) is 20.2 Å². The summed E-state index contributed by atoms with van der Waals surface area (Å²) in [5.74, 6) is 2.84. The molecule has 1 aromatic rings. The number of fused-ring (bicyclic) bond motifs is 3. The molecule has 2 heterocycles. The largest absolute Gasteiger partial charge is 0.541 e. The smallest absolute Gasteiger partial charge is 0.250 e. The predicted molar refractivity (Wildman–Crippen MR) is 121 cm³/mol. The van der Waals surface area contributed by atoms with E-state index in [2.05, 4.69) is 64.7 Å². The third-order valence-electron chi connectivity index (χ3n) is 7.13. The Morgan fingerprint density at radius 3 is 2.48 bits per heavy atom. The van der Waals surface area contributed by atoms with Gasteiger partial charge in [-0.05, 0) is 60.2 Å². The molecule has 0 aromatic heterocycles. The van der Waals surface area contributed by atoms with Crippen molar-refractivity contribution in [2.24, 2.45) is 11.8 Å². The van der Waals surface area contributed by atoms with Crippen LogP contribution in [0.15, 0.2) is 12.1 Å². The first kappa shape index (κ1) is 22.4. The third kappa shape index (κ3) is 4.56. The molecule has 2 aliphatic heterocycles. The SMILES string of the molecule is COc1cc2c(cc1O[Si](C)(C)C(C)(C)C)C1CC(=O)C(CC(C)C)CN1CC2. The van der Waals surface area contributed by atoms with Crippen molar-refractivity contribution >= 4 is 14.1 Å². The molecule has 0 bridgehead atoms. The molecule has 1 aromatic carbocycles. The van der Waals surface area contributed by atoms with Gasteiger partial charge in [0.2, 0.25) is 0 Å². The number of carbonyl (C=O) groups excluding carboxylic acids is 1. The maximum atomic E-state index is 12.9. The molecule has 2 unspecified atom stereocenters. The lowest BCUT2D eigenvalue weighted by Gasteiger charge is -2.44. The van der Waals surface area contributed by atoms with Crippen LogP contribution in [0.4, 0.5) is 0 Å². The van der Waals surface area contributed by atoms with Gasteiger partial charge in [-0.2, -0.15) is 0 Å². The number of methoxy groups -OCH3 is 1. The molecule has 0 aliphatic carbocycles. The summed E-state index contributed by atoms with van der Waals surface area (Å²) in [4.78, 5) is 15.4. The molecular formula is C24H39NO3Si. The van der Waals surface area contributed by atoms with Crippen molar-refractivity contribution in [1.82, 2.24) is 4.90 Å². The van der Waals surface area contributed by atoms with Crippen LogP contribution in [-0.2, 0) is 11.2 Å². The first-order valence-corrected chi connectivity index (χ1v) is 14.0. The van der Waals surface area contributed by atoms with Gasteiger partial charge in [0, 0.05) is 31.5 Å². The Morgan fingerprint density at radius 2 is 1.90 bits per heavy atom. The molecule has 0 N–H and O–H groups in total. The minimum Gasteiger partial charge on any atom is -0.541 e. The molecule has 162 valence electrons. The number of ether oxygens (including phenoxy) is 1. The first-order valence-electron chi connectivity index (χ1n) is 11.1. The second kappa shape index (κ2) is 8.07. The number of benzene rings is 1. The summed E-state index contributed by atoms with van der Waals surface area (Å²) in [5.41, 5.74) is 2.57. The fourth-order valence-electron chi connectivity index (χ4n) is 4.40. The fourth-order valence-corrected chi connectivity index (χ4v) is 5.42. The number of hydrogen-bond acceptors (Lipinski definition) is 4. The highest BCUT2D eigenvalue weighted by Crippen LogP contribution is 2.45. The van der Waals surface area contributed by atoms with Crippen LogP contribution >= 0.6 is 0 Å². The van der Waals surface area contributed by atoms with Crippen molar-refractivity contribution in [3.8, 4) is 11.5 Å². The normalized spacial score (nSPS) is 23.0. The minimum absolute atomic E-state index is 0.116. The number of nitrogens with zero attached hydrogens (tertiary/aromatic N) is 1. The number of hydrogen-bond donors (Lipinski definition) is 0. The minimum atomic E-state index is -1.99. The summed E-state index contributed by atoms with van der Waals surface area (Å²) >= 11 is 0. The van der Waals surface area contributed by atoms with E-state index in [1.54, 1.807) is 7.11 Å². The van der Waals surface area contributed by atoms with Gasteiger partial charge < -0.3 is 9.16 Å². The van der Waals surface area contributed by atoms with E-state index >= 15 is 0 Å². The van der Waals surface area contributed by atoms with Crippen molar-refractivity contribution in [2.45, 2.75) is 78.1 Å². The Bertz CT molecular complexity index is 766. The van der Waals surface area contributed by atoms with Gasteiger partial charge >= 0.3 is 0 Å². The summed E-state index contributed by atoms with van der Waals surface area (Å²) in [5, 5.41) is 0.116. The Balaban J connectivity index is 1.92.